The van der Waals surface area contributed by atoms with E-state index >= 15 is 0 Å². The molecule has 2 fully saturated rings. The molecule has 1 saturated heterocycles. The summed E-state index contributed by atoms with van der Waals surface area (Å²) in [6.07, 6.45) is 4.60. The number of anilines is 2. The Hall–Kier alpha value is -4.34. The minimum Gasteiger partial charge on any atom is -0.340 e. The summed E-state index contributed by atoms with van der Waals surface area (Å²) in [6, 6.07) is -0.910. The van der Waals surface area contributed by atoms with E-state index < -0.39 is 41.0 Å². The highest BCUT2D eigenvalue weighted by Crippen LogP contribution is 2.59. The second kappa shape index (κ2) is 9.64. The average Bonchev–Trinajstić information content (AvgIpc) is 3.55. The first-order valence-corrected chi connectivity index (χ1v) is 13.8. The molecule has 0 radical (unpaired) electrons. The highest BCUT2D eigenvalue weighted by atomic mass is 32.1. The molecule has 4 aromatic heterocycles. The number of thiazole rings is 1. The Morgan fingerprint density at radius 2 is 1.88 bits per heavy atom. The maximum atomic E-state index is 13.5. The molecular weight excluding hydrogens is 560 g/mol. The number of carbonyl (C=O) groups excluding carboxylic acids is 2. The maximum absolute atomic E-state index is 13.5. The number of rotatable bonds is 8. The molecule has 0 bridgehead atoms. The molecule has 0 spiro atoms. The molecule has 2 aliphatic rings. The second-order valence-corrected chi connectivity index (χ2v) is 11.1. The molecule has 41 heavy (non-hydrogen) atoms. The third-order valence-corrected chi connectivity index (χ3v) is 8.60. The molecule has 1 aliphatic carbocycles. The Morgan fingerprint density at radius 1 is 1.20 bits per heavy atom. The number of halogens is 2. The molecule has 1 saturated carbocycles. The van der Waals surface area contributed by atoms with Crippen molar-refractivity contribution in [3.63, 3.8) is 0 Å². The van der Waals surface area contributed by atoms with E-state index in [9.17, 15) is 28.0 Å². The normalized spacial score (nSPS) is 19.8. The minimum absolute atomic E-state index is 0. The fourth-order valence-electron chi connectivity index (χ4n) is 5.10. The van der Waals surface area contributed by atoms with Crippen molar-refractivity contribution in [2.45, 2.75) is 38.8 Å². The van der Waals surface area contributed by atoms with Crippen molar-refractivity contribution in [2.24, 2.45) is 18.9 Å². The number of fused-ring (bicyclic) bond motifs is 2. The van der Waals surface area contributed by atoms with Crippen LogP contribution >= 0.6 is 11.3 Å². The van der Waals surface area contributed by atoms with E-state index in [0.29, 0.717) is 16.5 Å². The van der Waals surface area contributed by atoms with Gasteiger partial charge in [-0.3, -0.25) is 23.5 Å². The minimum atomic E-state index is -2.58. The van der Waals surface area contributed by atoms with Crippen molar-refractivity contribution in [2.75, 3.05) is 23.3 Å². The molecule has 6 rings (SSSR count). The maximum Gasteiger partial charge on any atom is 0.332 e. The van der Waals surface area contributed by atoms with Crippen molar-refractivity contribution < 1.29 is 19.8 Å². The number of aryl methyl sites for hydroxylation is 1. The molecule has 1 amide bonds. The van der Waals surface area contributed by atoms with Crippen LogP contribution in [0.5, 0.6) is 0 Å². The first-order chi connectivity index (χ1) is 19.5. The summed E-state index contributed by atoms with van der Waals surface area (Å²) in [6.45, 7) is 3.30. The first kappa shape index (κ1) is 26.9. The number of piperidine rings is 1. The zero-order valence-electron chi connectivity index (χ0n) is 22.2. The topological polar surface area (TPSA) is 150 Å². The zero-order valence-corrected chi connectivity index (χ0v) is 23.1. The number of nitrogens with zero attached hydrogens (tertiary/aromatic N) is 8. The second-order valence-electron chi connectivity index (χ2n) is 10.2. The van der Waals surface area contributed by atoms with Gasteiger partial charge in [0, 0.05) is 51.3 Å². The third kappa shape index (κ3) is 4.42. The number of alkyl halides is 2. The highest BCUT2D eigenvalue weighted by molar-refractivity contribution is 7.13. The smallest absolute Gasteiger partial charge is 0.332 e. The lowest BCUT2D eigenvalue weighted by molar-refractivity contribution is -0.120. The van der Waals surface area contributed by atoms with Crippen LogP contribution in [0.2, 0.25) is 0 Å². The summed E-state index contributed by atoms with van der Waals surface area (Å²) in [5.74, 6) is -3.94. The largest absolute Gasteiger partial charge is 0.340 e. The van der Waals surface area contributed by atoms with Gasteiger partial charge >= 0.3 is 5.69 Å². The van der Waals surface area contributed by atoms with Gasteiger partial charge in [0.2, 0.25) is 11.9 Å². The number of imidazole rings is 1. The van der Waals surface area contributed by atoms with Gasteiger partial charge in [-0.1, -0.05) is 6.92 Å². The lowest BCUT2D eigenvalue weighted by Gasteiger charge is -2.19. The van der Waals surface area contributed by atoms with E-state index in [0.717, 1.165) is 4.57 Å². The lowest BCUT2D eigenvalue weighted by Crippen LogP contribution is -2.41. The van der Waals surface area contributed by atoms with Crippen LogP contribution in [0.3, 0.4) is 0 Å². The Balaban J connectivity index is 0.00000353. The molecule has 216 valence electrons. The predicted octanol–water partition coefficient (Wildman–Crippen LogP) is 1.94. The molecule has 4 aromatic rings. The fourth-order valence-corrected chi connectivity index (χ4v) is 5.82. The van der Waals surface area contributed by atoms with E-state index in [1.54, 1.807) is 36.5 Å². The van der Waals surface area contributed by atoms with Gasteiger partial charge in [-0.05, 0) is 6.92 Å². The van der Waals surface area contributed by atoms with Crippen molar-refractivity contribution in [3.05, 3.63) is 44.9 Å². The van der Waals surface area contributed by atoms with Crippen molar-refractivity contribution in [1.82, 2.24) is 33.6 Å². The summed E-state index contributed by atoms with van der Waals surface area (Å²) in [5, 5.41) is 4.91. The number of ketones is 1. The SMILES string of the molecule is CCC(=O)Cn1c(=O)c2c(ncn2[C@@H](C)C(=O)Nc2csc(-c3cnc(N4CC5C(C4)C5(F)F)nc3)n2)n(C)c1=O.[HH]. The van der Waals surface area contributed by atoms with E-state index in [1.807, 2.05) is 0 Å². The monoisotopic (exact) mass is 587 g/mol. The van der Waals surface area contributed by atoms with Crippen LogP contribution in [-0.2, 0) is 23.2 Å². The van der Waals surface area contributed by atoms with E-state index in [1.165, 1.54) is 33.8 Å². The Bertz CT molecular complexity index is 1800. The number of hydrogen-bond acceptors (Lipinski definition) is 10. The first-order valence-electron chi connectivity index (χ1n) is 12.9. The Morgan fingerprint density at radius 3 is 2.54 bits per heavy atom. The fraction of sp³-hybridized carbons (Fsp3) is 0.440. The van der Waals surface area contributed by atoms with Gasteiger partial charge in [0.15, 0.2) is 16.9 Å². The van der Waals surface area contributed by atoms with Gasteiger partial charge in [-0.15, -0.1) is 11.3 Å². The number of hydrogen-bond donors (Lipinski definition) is 1. The molecular formula is C25H27F2N9O4S. The van der Waals surface area contributed by atoms with Gasteiger partial charge in [0.1, 0.15) is 16.9 Å². The van der Waals surface area contributed by atoms with Crippen molar-refractivity contribution in [3.8, 4) is 10.6 Å². The predicted molar refractivity (Wildman–Crippen MR) is 147 cm³/mol. The van der Waals surface area contributed by atoms with Crippen LogP contribution < -0.4 is 21.5 Å². The van der Waals surface area contributed by atoms with Crippen LogP contribution in [0.25, 0.3) is 21.7 Å². The Labute approximate surface area is 236 Å². The van der Waals surface area contributed by atoms with Crippen LogP contribution in [0.1, 0.15) is 27.7 Å². The molecule has 16 heteroatoms. The molecule has 5 heterocycles. The van der Waals surface area contributed by atoms with E-state index in [2.05, 4.69) is 25.3 Å². The van der Waals surface area contributed by atoms with Crippen LogP contribution in [0, 0.1) is 11.8 Å². The number of Topliss-reactive ketones (excluding diaryl/α,β-unsaturated/α-hetero) is 1. The van der Waals surface area contributed by atoms with E-state index in [-0.39, 0.29) is 50.2 Å². The zero-order chi connectivity index (χ0) is 29.2. The standard InChI is InChI=1S/C25H25F2N9O4S.H2/c1-4-14(37)7-35-22(39)18-19(33(3)24(35)40)30-11-36(18)12(2)20(38)31-17-10-41-21(32-17)13-5-28-23(29-6-13)34-8-15-16(9-34)25(15,26)27;/h5-6,10-12,15-16H,4,7-9H2,1-3H3,(H,31,38);1H/t12-,15?,16?;/m0./s1. The van der Waals surface area contributed by atoms with Crippen LogP contribution in [0.4, 0.5) is 20.5 Å². The molecule has 1 N–H and O–H groups in total. The molecule has 0 aromatic carbocycles. The van der Waals surface area contributed by atoms with Crippen molar-refractivity contribution >= 4 is 46.0 Å². The van der Waals surface area contributed by atoms with Gasteiger partial charge in [-0.2, -0.15) is 0 Å². The highest BCUT2D eigenvalue weighted by Gasteiger charge is 2.72. The number of amides is 1. The lowest BCUT2D eigenvalue weighted by atomic mass is 10.3. The van der Waals surface area contributed by atoms with E-state index in [4.69, 9.17) is 0 Å². The molecule has 13 nitrogen and oxygen atoms in total. The van der Waals surface area contributed by atoms with Gasteiger partial charge in [0.25, 0.3) is 11.5 Å². The van der Waals surface area contributed by atoms with Gasteiger partial charge < -0.3 is 14.8 Å². The van der Waals surface area contributed by atoms with Crippen LogP contribution in [-0.4, -0.2) is 64.3 Å². The summed E-state index contributed by atoms with van der Waals surface area (Å²) in [7, 11) is 1.44. The third-order valence-electron chi connectivity index (χ3n) is 7.71. The summed E-state index contributed by atoms with van der Waals surface area (Å²) < 4.78 is 30.3. The number of carbonyl (C=O) groups is 2. The number of aromatic nitrogens is 7. The molecule has 1 aliphatic heterocycles. The Kier molecular flexibility index (Phi) is 6.32. The van der Waals surface area contributed by atoms with Crippen LogP contribution in [0.15, 0.2) is 33.7 Å². The average molecular weight is 588 g/mol. The van der Waals surface area contributed by atoms with Gasteiger partial charge in [0.05, 0.1) is 24.7 Å². The van der Waals surface area contributed by atoms with Gasteiger partial charge in [-0.25, -0.2) is 33.5 Å². The summed E-state index contributed by atoms with van der Waals surface area (Å²) in [5.41, 5.74) is -0.656. The number of nitrogens with one attached hydrogen (secondary N) is 1. The molecule has 2 unspecified atom stereocenters. The van der Waals surface area contributed by atoms with Crippen molar-refractivity contribution in [1.29, 1.82) is 0 Å². The summed E-state index contributed by atoms with van der Waals surface area (Å²) in [4.78, 5) is 69.9. The summed E-state index contributed by atoms with van der Waals surface area (Å²) >= 11 is 1.26. The molecule has 3 atom stereocenters. The quantitative estimate of drug-likeness (QED) is 0.326.